The molecule has 0 aliphatic carbocycles. The lowest BCUT2D eigenvalue weighted by Crippen LogP contribution is -2.50. The Morgan fingerprint density at radius 2 is 1.98 bits per heavy atom. The van der Waals surface area contributed by atoms with Gasteiger partial charge in [0.05, 0.1) is 28.0 Å². The number of likely N-dealkylation sites (tertiary alicyclic amines) is 1. The van der Waals surface area contributed by atoms with Gasteiger partial charge in [-0.1, -0.05) is 6.07 Å². The normalized spacial score (nSPS) is 15.7. The number of ether oxygens (including phenoxy) is 1. The van der Waals surface area contributed by atoms with E-state index in [0.29, 0.717) is 35.8 Å². The molecule has 5 rings (SSSR count). The predicted octanol–water partition coefficient (Wildman–Crippen LogP) is 5.11. The van der Waals surface area contributed by atoms with Crippen molar-refractivity contribution in [3.05, 3.63) is 53.7 Å². The predicted molar refractivity (Wildman–Crippen MR) is 157 cm³/mol. The number of nitrogens with zero attached hydrogens (tertiary/aromatic N) is 6. The molecular formula is C29H35N7O3S. The van der Waals surface area contributed by atoms with Crippen LogP contribution in [0, 0.1) is 0 Å². The first-order chi connectivity index (χ1) is 19.1. The zero-order chi connectivity index (χ0) is 28.4. The molecule has 4 aromatic heterocycles. The minimum Gasteiger partial charge on any atom is -0.444 e. The number of piperidine rings is 1. The Labute approximate surface area is 238 Å². The molecule has 2 amide bonds. The zero-order valence-corrected chi connectivity index (χ0v) is 24.4. The third kappa shape index (κ3) is 6.09. The van der Waals surface area contributed by atoms with Crippen LogP contribution in [0.5, 0.6) is 0 Å². The highest BCUT2D eigenvalue weighted by molar-refractivity contribution is 7.13. The van der Waals surface area contributed by atoms with Gasteiger partial charge in [0.1, 0.15) is 11.4 Å². The number of anilines is 1. The molecule has 1 fully saturated rings. The second-order valence-corrected chi connectivity index (χ2v) is 12.1. The number of pyridine rings is 1. The van der Waals surface area contributed by atoms with Gasteiger partial charge in [0.25, 0.3) is 5.91 Å². The quantitative estimate of drug-likeness (QED) is 0.349. The molecule has 10 nitrogen and oxygen atoms in total. The summed E-state index contributed by atoms with van der Waals surface area (Å²) in [6, 6.07) is 9.48. The van der Waals surface area contributed by atoms with Crippen molar-refractivity contribution in [3.8, 4) is 21.8 Å². The molecule has 0 radical (unpaired) electrons. The highest BCUT2D eigenvalue weighted by atomic mass is 32.1. The largest absolute Gasteiger partial charge is 0.444 e. The van der Waals surface area contributed by atoms with Crippen molar-refractivity contribution in [1.29, 1.82) is 0 Å². The van der Waals surface area contributed by atoms with E-state index in [-0.39, 0.29) is 11.9 Å². The number of carbonyl (C=O) groups excluding carboxylic acids is 2. The molecule has 0 saturated carbocycles. The van der Waals surface area contributed by atoms with Crippen molar-refractivity contribution in [2.24, 2.45) is 0 Å². The van der Waals surface area contributed by atoms with Gasteiger partial charge < -0.3 is 19.9 Å². The lowest BCUT2D eigenvalue weighted by atomic mass is 10.0. The van der Waals surface area contributed by atoms with Crippen molar-refractivity contribution >= 4 is 34.8 Å². The number of hydrogen-bond acceptors (Lipinski definition) is 8. The Kier molecular flexibility index (Phi) is 7.75. The van der Waals surface area contributed by atoms with Crippen LogP contribution in [0.25, 0.3) is 27.5 Å². The molecule has 1 saturated heterocycles. The molecule has 1 atom stereocenters. The van der Waals surface area contributed by atoms with Crippen LogP contribution in [0.2, 0.25) is 0 Å². The first-order valence-corrected chi connectivity index (χ1v) is 14.3. The Bertz CT molecular complexity index is 1510. The lowest BCUT2D eigenvalue weighted by molar-refractivity contribution is 0.0462. The fourth-order valence-corrected chi connectivity index (χ4v) is 5.47. The Morgan fingerprint density at radius 3 is 2.70 bits per heavy atom. The molecule has 0 unspecified atom stereocenters. The van der Waals surface area contributed by atoms with E-state index in [1.165, 1.54) is 0 Å². The topological polar surface area (TPSA) is 105 Å². The average Bonchev–Trinajstić information content (AvgIpc) is 3.60. The molecule has 5 heterocycles. The second kappa shape index (κ2) is 11.2. The van der Waals surface area contributed by atoms with E-state index < -0.39 is 11.7 Å². The maximum Gasteiger partial charge on any atom is 0.407 e. The number of thiophene rings is 1. The monoisotopic (exact) mass is 561 g/mol. The van der Waals surface area contributed by atoms with Crippen LogP contribution in [0.15, 0.2) is 48.1 Å². The van der Waals surface area contributed by atoms with Gasteiger partial charge in [0, 0.05) is 45.0 Å². The molecule has 0 bridgehead atoms. The summed E-state index contributed by atoms with van der Waals surface area (Å²) in [4.78, 5) is 40.8. The van der Waals surface area contributed by atoms with Crippen LogP contribution >= 0.6 is 11.3 Å². The summed E-state index contributed by atoms with van der Waals surface area (Å²) < 4.78 is 7.12. The van der Waals surface area contributed by atoms with E-state index >= 15 is 0 Å². The van der Waals surface area contributed by atoms with Gasteiger partial charge in [-0.15, -0.1) is 11.3 Å². The minimum atomic E-state index is -0.584. The van der Waals surface area contributed by atoms with Crippen LogP contribution in [-0.4, -0.2) is 75.3 Å². The molecule has 210 valence electrons. The summed E-state index contributed by atoms with van der Waals surface area (Å²) >= 11 is 1.63. The molecule has 11 heteroatoms. The van der Waals surface area contributed by atoms with Crippen LogP contribution in [0.4, 0.5) is 10.6 Å². The van der Waals surface area contributed by atoms with Gasteiger partial charge in [-0.3, -0.25) is 4.79 Å². The van der Waals surface area contributed by atoms with Crippen LogP contribution in [0.1, 0.15) is 50.4 Å². The molecular weight excluding hydrogens is 526 g/mol. The maximum absolute atomic E-state index is 14.0. The van der Waals surface area contributed by atoms with Gasteiger partial charge in [-0.25, -0.2) is 19.3 Å². The molecule has 0 aromatic carbocycles. The molecule has 40 heavy (non-hydrogen) atoms. The standard InChI is InChI=1S/C29H35N7O3S/c1-29(2,3)39-28(38)30-17-20-9-6-7-12-35(20)27(37)19-15-23(32-25(16-19)34(4)5)21-18-31-36-13-11-22(33-26(21)36)24-10-8-14-40-24/h8,10-11,13-16,18,20H,6-7,9,12,17H2,1-5H3,(H,30,38)/t20-/m1/s1. The Morgan fingerprint density at radius 1 is 1.15 bits per heavy atom. The van der Waals surface area contributed by atoms with E-state index in [1.54, 1.807) is 22.0 Å². The van der Waals surface area contributed by atoms with Gasteiger partial charge in [-0.2, -0.15) is 5.10 Å². The summed E-state index contributed by atoms with van der Waals surface area (Å²) in [6.45, 7) is 6.44. The Balaban J connectivity index is 1.46. The van der Waals surface area contributed by atoms with E-state index in [2.05, 4.69) is 10.4 Å². The molecule has 1 N–H and O–H groups in total. The number of alkyl carbamates (subject to hydrolysis) is 1. The Hall–Kier alpha value is -3.99. The van der Waals surface area contributed by atoms with E-state index in [0.717, 1.165) is 35.4 Å². The first kappa shape index (κ1) is 27.6. The lowest BCUT2D eigenvalue weighted by Gasteiger charge is -2.36. The van der Waals surface area contributed by atoms with Crippen molar-refractivity contribution in [3.63, 3.8) is 0 Å². The maximum atomic E-state index is 14.0. The number of fused-ring (bicyclic) bond motifs is 1. The number of amides is 2. The summed E-state index contributed by atoms with van der Waals surface area (Å²) in [6.07, 6.45) is 5.87. The molecule has 1 aliphatic heterocycles. The fourth-order valence-electron chi connectivity index (χ4n) is 4.78. The third-order valence-electron chi connectivity index (χ3n) is 6.70. The van der Waals surface area contributed by atoms with E-state index in [1.807, 2.05) is 86.6 Å². The van der Waals surface area contributed by atoms with Gasteiger partial charge in [0.2, 0.25) is 0 Å². The summed E-state index contributed by atoms with van der Waals surface area (Å²) in [5, 5.41) is 9.37. The number of carbonyl (C=O) groups is 2. The van der Waals surface area contributed by atoms with E-state index in [4.69, 9.17) is 14.7 Å². The molecule has 4 aromatic rings. The van der Waals surface area contributed by atoms with Crippen LogP contribution in [-0.2, 0) is 4.74 Å². The minimum absolute atomic E-state index is 0.0915. The van der Waals surface area contributed by atoms with Gasteiger partial charge in [0.15, 0.2) is 5.65 Å². The first-order valence-electron chi connectivity index (χ1n) is 13.4. The summed E-state index contributed by atoms with van der Waals surface area (Å²) in [5.74, 6) is 0.571. The van der Waals surface area contributed by atoms with Crippen LogP contribution in [0.3, 0.4) is 0 Å². The van der Waals surface area contributed by atoms with Crippen molar-refractivity contribution in [2.75, 3.05) is 32.1 Å². The number of rotatable bonds is 6. The average molecular weight is 562 g/mol. The van der Waals surface area contributed by atoms with Crippen LogP contribution < -0.4 is 10.2 Å². The zero-order valence-electron chi connectivity index (χ0n) is 23.5. The van der Waals surface area contributed by atoms with E-state index in [9.17, 15) is 9.59 Å². The highest BCUT2D eigenvalue weighted by Crippen LogP contribution is 2.30. The SMILES string of the molecule is CN(C)c1cc(C(=O)N2CCCC[C@@H]2CNC(=O)OC(C)(C)C)cc(-c2cnn3ccc(-c4cccs4)nc23)n1. The van der Waals surface area contributed by atoms with Gasteiger partial charge in [-0.05, 0) is 69.7 Å². The number of aromatic nitrogens is 4. The summed E-state index contributed by atoms with van der Waals surface area (Å²) in [7, 11) is 3.80. The molecule has 1 aliphatic rings. The fraction of sp³-hybridized carbons (Fsp3) is 0.414. The summed E-state index contributed by atoms with van der Waals surface area (Å²) in [5.41, 5.74) is 2.85. The smallest absolute Gasteiger partial charge is 0.407 e. The van der Waals surface area contributed by atoms with Crippen molar-refractivity contribution < 1.29 is 14.3 Å². The highest BCUT2D eigenvalue weighted by Gasteiger charge is 2.29. The third-order valence-corrected chi connectivity index (χ3v) is 7.60. The van der Waals surface area contributed by atoms with Crippen molar-refractivity contribution in [2.45, 2.75) is 51.7 Å². The number of nitrogens with one attached hydrogen (secondary N) is 1. The second-order valence-electron chi connectivity index (χ2n) is 11.1. The number of hydrogen-bond donors (Lipinski definition) is 1. The van der Waals surface area contributed by atoms with Crippen molar-refractivity contribution in [1.82, 2.24) is 29.8 Å². The van der Waals surface area contributed by atoms with Gasteiger partial charge >= 0.3 is 6.09 Å². The molecule has 0 spiro atoms.